The van der Waals surface area contributed by atoms with Gasteiger partial charge in [-0.2, -0.15) is 0 Å². The van der Waals surface area contributed by atoms with Gasteiger partial charge in [0.1, 0.15) is 0 Å². The quantitative estimate of drug-likeness (QED) is 0.197. The summed E-state index contributed by atoms with van der Waals surface area (Å²) in [4.78, 5) is 55.4. The average Bonchev–Trinajstić information content (AvgIpc) is 3.48. The van der Waals surface area contributed by atoms with Gasteiger partial charge in [-0.25, -0.2) is 4.79 Å². The summed E-state index contributed by atoms with van der Waals surface area (Å²) < 4.78 is 3.41. The van der Waals surface area contributed by atoms with Crippen LogP contribution in [0.2, 0.25) is 0 Å². The van der Waals surface area contributed by atoms with Crippen LogP contribution in [0.3, 0.4) is 0 Å². The van der Waals surface area contributed by atoms with E-state index in [2.05, 4.69) is 32.2 Å². The molecule has 4 heterocycles. The first-order valence-corrected chi connectivity index (χ1v) is 16.2. The zero-order valence-corrected chi connectivity index (χ0v) is 25.6. The van der Waals surface area contributed by atoms with E-state index in [0.717, 1.165) is 86.8 Å². The van der Waals surface area contributed by atoms with Crippen LogP contribution in [-0.4, -0.2) is 96.4 Å². The van der Waals surface area contributed by atoms with Crippen LogP contribution in [0, 0.1) is 6.92 Å². The van der Waals surface area contributed by atoms with Crippen molar-refractivity contribution >= 4 is 53.4 Å². The number of aromatic nitrogens is 4. The Morgan fingerprint density at radius 2 is 1.83 bits per heavy atom. The molecule has 2 fully saturated rings. The fraction of sp³-hybridized carbons (Fsp3) is 0.517. The standard InChI is InChI=1S/C29H37AsN7O4/c1-19-23-18-33-28(34-26(23)37(21-7-3-4-8-21)27(39)25(19)20(2)38)30-24-10-9-22(17-32-24)36-15-13-35(14-16-36)12-6-5-11-31-29(40)41/h9-10,17-18,21,31H,3-8,11-16H2,1-2H3,(H,40,41). The summed E-state index contributed by atoms with van der Waals surface area (Å²) in [5.74, 6) is -0.215. The molecular weight excluding hydrogens is 585 g/mol. The van der Waals surface area contributed by atoms with Crippen LogP contribution in [0.4, 0.5) is 10.5 Å². The molecule has 3 aromatic heterocycles. The van der Waals surface area contributed by atoms with Crippen LogP contribution in [0.15, 0.2) is 29.3 Å². The molecule has 0 aromatic carbocycles. The Balaban J connectivity index is 1.25. The second-order valence-corrected chi connectivity index (χ2v) is 13.1. The number of carboxylic acid groups (broad SMARTS) is 1. The Morgan fingerprint density at radius 1 is 1.07 bits per heavy atom. The number of anilines is 1. The van der Waals surface area contributed by atoms with E-state index >= 15 is 0 Å². The van der Waals surface area contributed by atoms with Crippen LogP contribution in [0.25, 0.3) is 11.0 Å². The van der Waals surface area contributed by atoms with Gasteiger partial charge in [0.25, 0.3) is 0 Å². The topological polar surface area (TPSA) is 134 Å². The zero-order valence-electron chi connectivity index (χ0n) is 23.7. The second kappa shape index (κ2) is 13.1. The number of carbonyl (C=O) groups excluding carboxylic acids is 1. The molecule has 0 unspecified atom stereocenters. The van der Waals surface area contributed by atoms with Crippen molar-refractivity contribution in [3.05, 3.63) is 46.0 Å². The second-order valence-electron chi connectivity index (χ2n) is 10.8. The predicted octanol–water partition coefficient (Wildman–Crippen LogP) is 1.64. The number of fused-ring (bicyclic) bond motifs is 1. The molecule has 1 aliphatic heterocycles. The SMILES string of the molecule is CC(=O)c1c(C)c2cnc([As]c3ccc(N4CCN(CCCCNC(=O)O)CC4)cn3)nc2n(C2CCCC2)c1=O. The minimum absolute atomic E-state index is 0.0644. The van der Waals surface area contributed by atoms with Gasteiger partial charge in [0.05, 0.1) is 0 Å². The van der Waals surface area contributed by atoms with Gasteiger partial charge in [0, 0.05) is 0 Å². The Kier molecular flexibility index (Phi) is 9.35. The first kappa shape index (κ1) is 29.2. The molecule has 2 aliphatic rings. The van der Waals surface area contributed by atoms with Crippen LogP contribution in [0.5, 0.6) is 0 Å². The van der Waals surface area contributed by atoms with Crippen LogP contribution < -0.4 is 24.9 Å². The summed E-state index contributed by atoms with van der Waals surface area (Å²) in [6, 6.07) is 4.23. The number of nitrogens with one attached hydrogen (secondary N) is 1. The Bertz CT molecular complexity index is 1460. The summed E-state index contributed by atoms with van der Waals surface area (Å²) in [7, 11) is 0. The normalized spacial score (nSPS) is 16.7. The summed E-state index contributed by atoms with van der Waals surface area (Å²) in [5.41, 5.74) is 2.42. The number of rotatable bonds is 10. The molecule has 1 aliphatic carbocycles. The Morgan fingerprint density at radius 3 is 2.49 bits per heavy atom. The van der Waals surface area contributed by atoms with Crippen molar-refractivity contribution in [2.45, 2.75) is 58.4 Å². The first-order chi connectivity index (χ1) is 19.8. The third kappa shape index (κ3) is 6.78. The number of carbonyl (C=O) groups is 2. The molecule has 1 saturated heterocycles. The number of ketones is 1. The molecule has 217 valence electrons. The molecule has 3 aromatic rings. The molecule has 1 radical (unpaired) electrons. The van der Waals surface area contributed by atoms with Crippen LogP contribution in [0.1, 0.15) is 67.4 Å². The number of unbranched alkanes of at least 4 members (excludes halogenated alkanes) is 1. The molecule has 41 heavy (non-hydrogen) atoms. The van der Waals surface area contributed by atoms with Crippen LogP contribution >= 0.6 is 0 Å². The molecule has 5 rings (SSSR count). The van der Waals surface area contributed by atoms with Gasteiger partial charge >= 0.3 is 231 Å². The molecule has 1 saturated carbocycles. The maximum absolute atomic E-state index is 13.5. The van der Waals surface area contributed by atoms with Gasteiger partial charge in [-0.1, -0.05) is 0 Å². The van der Waals surface area contributed by atoms with Crippen molar-refractivity contribution in [2.75, 3.05) is 44.2 Å². The van der Waals surface area contributed by atoms with E-state index in [1.165, 1.54) is 6.92 Å². The number of hydrogen-bond donors (Lipinski definition) is 2. The fourth-order valence-electron chi connectivity index (χ4n) is 5.91. The summed E-state index contributed by atoms with van der Waals surface area (Å²) >= 11 is -0.573. The van der Waals surface area contributed by atoms with E-state index in [0.29, 0.717) is 22.4 Å². The molecule has 0 atom stereocenters. The van der Waals surface area contributed by atoms with Crippen molar-refractivity contribution in [2.24, 2.45) is 0 Å². The van der Waals surface area contributed by atoms with Gasteiger partial charge < -0.3 is 10.4 Å². The molecular formula is C29H37AsN7O4. The van der Waals surface area contributed by atoms with Gasteiger partial charge in [0.15, 0.2) is 0 Å². The molecule has 1 amide bonds. The molecule has 12 heteroatoms. The van der Waals surface area contributed by atoms with Gasteiger partial charge in [-0.15, -0.1) is 0 Å². The van der Waals surface area contributed by atoms with Crippen molar-refractivity contribution in [1.82, 2.24) is 29.7 Å². The molecule has 0 bridgehead atoms. The van der Waals surface area contributed by atoms with Crippen molar-refractivity contribution in [3.8, 4) is 0 Å². The summed E-state index contributed by atoms with van der Waals surface area (Å²) in [5, 5.41) is 11.8. The number of aryl methyl sites for hydroxylation is 1. The Labute approximate surface area is 246 Å². The van der Waals surface area contributed by atoms with E-state index in [9.17, 15) is 14.4 Å². The molecule has 11 nitrogen and oxygen atoms in total. The average molecular weight is 623 g/mol. The third-order valence-electron chi connectivity index (χ3n) is 8.10. The number of hydrogen-bond acceptors (Lipinski definition) is 8. The Hall–Kier alpha value is -3.30. The molecule has 0 spiro atoms. The first-order valence-electron chi connectivity index (χ1n) is 14.4. The predicted molar refractivity (Wildman–Crippen MR) is 159 cm³/mol. The van der Waals surface area contributed by atoms with Gasteiger partial charge in [0.2, 0.25) is 0 Å². The molecule has 2 N–H and O–H groups in total. The number of amides is 1. The van der Waals surface area contributed by atoms with Gasteiger partial charge in [-0.3, -0.25) is 0 Å². The number of Topliss-reactive ketones (excluding diaryl/α,β-unsaturated/α-hetero) is 1. The zero-order chi connectivity index (χ0) is 28.9. The maximum atomic E-state index is 13.5. The van der Waals surface area contributed by atoms with Crippen molar-refractivity contribution < 1.29 is 14.7 Å². The summed E-state index contributed by atoms with van der Waals surface area (Å²) in [6.07, 6.45) is 8.55. The van der Waals surface area contributed by atoms with Crippen molar-refractivity contribution in [3.63, 3.8) is 0 Å². The third-order valence-corrected chi connectivity index (χ3v) is 10.0. The fourth-order valence-corrected chi connectivity index (χ4v) is 7.44. The van der Waals surface area contributed by atoms with Gasteiger partial charge in [-0.05, 0) is 0 Å². The van der Waals surface area contributed by atoms with Crippen LogP contribution in [-0.2, 0) is 0 Å². The minimum atomic E-state index is -0.963. The van der Waals surface area contributed by atoms with E-state index < -0.39 is 21.8 Å². The van der Waals surface area contributed by atoms with Crippen molar-refractivity contribution in [1.29, 1.82) is 0 Å². The van der Waals surface area contributed by atoms with E-state index in [4.69, 9.17) is 15.1 Å². The number of pyridine rings is 2. The number of piperazine rings is 1. The number of nitrogens with zero attached hydrogens (tertiary/aromatic N) is 6. The monoisotopic (exact) mass is 622 g/mol. The van der Waals surface area contributed by atoms with E-state index in [1.54, 1.807) is 10.8 Å². The van der Waals surface area contributed by atoms with E-state index in [-0.39, 0.29) is 22.9 Å². The summed E-state index contributed by atoms with van der Waals surface area (Å²) in [6.45, 7) is 8.54. The van der Waals surface area contributed by atoms with E-state index in [1.807, 2.05) is 13.1 Å².